The minimum absolute atomic E-state index is 0.251. The van der Waals surface area contributed by atoms with Gasteiger partial charge in [-0.05, 0) is 0 Å². The summed E-state index contributed by atoms with van der Waals surface area (Å²) in [5.41, 5.74) is 0.501. The van der Waals surface area contributed by atoms with Gasteiger partial charge < -0.3 is 0 Å². The first-order chi connectivity index (χ1) is 5.71. The minimum atomic E-state index is -0.371. The van der Waals surface area contributed by atoms with E-state index >= 15 is 0 Å². The number of hydrogen-bond donors (Lipinski definition) is 0. The fraction of sp³-hybridized carbons (Fsp3) is 1.00. The van der Waals surface area contributed by atoms with Gasteiger partial charge in [-0.3, -0.25) is 0 Å². The number of rotatable bonds is 4. The topological polar surface area (TPSA) is 18.5 Å². The van der Waals surface area contributed by atoms with E-state index in [0.29, 0.717) is 0 Å². The molecular formula is C10H22O2V. The Labute approximate surface area is 90.2 Å². The van der Waals surface area contributed by atoms with Crippen molar-refractivity contribution >= 4 is 0 Å². The van der Waals surface area contributed by atoms with Gasteiger partial charge in [0, 0.05) is 0 Å². The number of hydrogen-bond acceptors (Lipinski definition) is 2. The first-order valence-corrected chi connectivity index (χ1v) is 5.79. The molecule has 0 saturated carbocycles. The van der Waals surface area contributed by atoms with Gasteiger partial charge in [0.25, 0.3) is 0 Å². The Morgan fingerprint density at radius 2 is 1.08 bits per heavy atom. The second-order valence-electron chi connectivity index (χ2n) is 5.74. The summed E-state index contributed by atoms with van der Waals surface area (Å²) in [7, 11) is 0. The van der Waals surface area contributed by atoms with Gasteiger partial charge in [-0.25, -0.2) is 0 Å². The summed E-state index contributed by atoms with van der Waals surface area (Å²) in [6.45, 7) is 14.6. The normalized spacial score (nSPS) is 13.1. The Kier molecular flexibility index (Phi) is 5.61. The summed E-state index contributed by atoms with van der Waals surface area (Å²) in [5, 5.41) is 0. The van der Waals surface area contributed by atoms with E-state index in [9.17, 15) is 0 Å². The van der Waals surface area contributed by atoms with Crippen molar-refractivity contribution in [2.75, 3.05) is 13.2 Å². The summed E-state index contributed by atoms with van der Waals surface area (Å²) in [6, 6.07) is 0. The first-order valence-electron chi connectivity index (χ1n) is 4.65. The monoisotopic (exact) mass is 225 g/mol. The quantitative estimate of drug-likeness (QED) is 0.685. The van der Waals surface area contributed by atoms with E-state index in [0.717, 1.165) is 13.2 Å². The van der Waals surface area contributed by atoms with Crippen LogP contribution in [0.15, 0.2) is 0 Å². The third-order valence-electron chi connectivity index (χ3n) is 1.10. The molecule has 0 radical (unpaired) electrons. The van der Waals surface area contributed by atoms with Gasteiger partial charge in [0.15, 0.2) is 0 Å². The molecule has 0 saturated heterocycles. The van der Waals surface area contributed by atoms with Crippen LogP contribution in [0.3, 0.4) is 0 Å². The van der Waals surface area contributed by atoms with Crippen molar-refractivity contribution in [2.45, 2.75) is 41.5 Å². The molecule has 0 aliphatic rings. The van der Waals surface area contributed by atoms with E-state index < -0.39 is 0 Å². The zero-order valence-corrected chi connectivity index (χ0v) is 11.1. The zero-order chi connectivity index (χ0) is 10.5. The molecule has 0 amide bonds. The van der Waals surface area contributed by atoms with Crippen molar-refractivity contribution in [3.05, 3.63) is 0 Å². The molecule has 3 heteroatoms. The first kappa shape index (κ1) is 13.5. The fourth-order valence-corrected chi connectivity index (χ4v) is 1.97. The molecule has 0 rings (SSSR count). The molecule has 0 N–H and O–H groups in total. The molecule has 0 atom stereocenters. The molecule has 0 aromatic carbocycles. The van der Waals surface area contributed by atoms with Crippen molar-refractivity contribution in [3.8, 4) is 0 Å². The Morgan fingerprint density at radius 1 is 0.769 bits per heavy atom. The van der Waals surface area contributed by atoms with Crippen molar-refractivity contribution in [2.24, 2.45) is 10.8 Å². The second kappa shape index (κ2) is 5.40. The van der Waals surface area contributed by atoms with E-state index in [4.69, 9.17) is 7.32 Å². The van der Waals surface area contributed by atoms with Crippen molar-refractivity contribution in [1.82, 2.24) is 0 Å². The van der Waals surface area contributed by atoms with Crippen LogP contribution in [0.1, 0.15) is 41.5 Å². The van der Waals surface area contributed by atoms with Crippen molar-refractivity contribution < 1.29 is 24.3 Å². The van der Waals surface area contributed by atoms with Crippen LogP contribution in [0, 0.1) is 10.8 Å². The Hall–Kier alpha value is 0.504. The molecule has 13 heavy (non-hydrogen) atoms. The van der Waals surface area contributed by atoms with Crippen LogP contribution in [0.5, 0.6) is 0 Å². The second-order valence-corrected chi connectivity index (χ2v) is 6.78. The Bertz CT molecular complexity index is 117. The predicted molar refractivity (Wildman–Crippen MR) is 50.8 cm³/mol. The summed E-state index contributed by atoms with van der Waals surface area (Å²) in [6.07, 6.45) is 0. The van der Waals surface area contributed by atoms with Gasteiger partial charge in [0.2, 0.25) is 0 Å². The third-order valence-corrected chi connectivity index (χ3v) is 1.83. The zero-order valence-electron chi connectivity index (χ0n) is 9.68. The third kappa shape index (κ3) is 12.5. The Balaban J connectivity index is 3.28. The van der Waals surface area contributed by atoms with E-state index in [1.165, 1.54) is 0 Å². The van der Waals surface area contributed by atoms with Crippen LogP contribution in [0.2, 0.25) is 0 Å². The van der Waals surface area contributed by atoms with Gasteiger partial charge >= 0.3 is 89.9 Å². The molecule has 0 unspecified atom stereocenters. The molecular weight excluding hydrogens is 203 g/mol. The summed E-state index contributed by atoms with van der Waals surface area (Å²) >= 11 is -0.371. The molecule has 0 spiro atoms. The maximum atomic E-state index is 5.46. The standard InChI is InChI=1S/2C5H11O.V/c2*1-5(2,3)4-6;/h2*4H2,1-3H3;/q2*-1;+2. The van der Waals surface area contributed by atoms with E-state index in [2.05, 4.69) is 41.5 Å². The molecule has 79 valence electrons. The molecule has 0 bridgehead atoms. The van der Waals surface area contributed by atoms with Crippen LogP contribution in [-0.2, 0) is 24.3 Å². The van der Waals surface area contributed by atoms with Crippen LogP contribution < -0.4 is 0 Å². The SMILES string of the molecule is CC(C)(C)C[O][V][O]CC(C)(C)C. The van der Waals surface area contributed by atoms with Gasteiger partial charge in [-0.15, -0.1) is 0 Å². The van der Waals surface area contributed by atoms with Gasteiger partial charge in [0.1, 0.15) is 0 Å². The summed E-state index contributed by atoms with van der Waals surface area (Å²) in [4.78, 5) is 0. The van der Waals surface area contributed by atoms with Gasteiger partial charge in [-0.2, -0.15) is 0 Å². The van der Waals surface area contributed by atoms with E-state index in [-0.39, 0.29) is 27.8 Å². The predicted octanol–water partition coefficient (Wildman–Crippen LogP) is 3.02. The molecule has 0 heterocycles. The van der Waals surface area contributed by atoms with Gasteiger partial charge in [-0.1, -0.05) is 0 Å². The van der Waals surface area contributed by atoms with Crippen LogP contribution in [-0.4, -0.2) is 13.2 Å². The van der Waals surface area contributed by atoms with Gasteiger partial charge in [0.05, 0.1) is 0 Å². The molecule has 0 aliphatic heterocycles. The maximum absolute atomic E-state index is 5.46. The van der Waals surface area contributed by atoms with Crippen LogP contribution in [0.4, 0.5) is 0 Å². The fourth-order valence-electron chi connectivity index (χ4n) is 0.477. The van der Waals surface area contributed by atoms with Crippen molar-refractivity contribution in [3.63, 3.8) is 0 Å². The average molecular weight is 225 g/mol. The molecule has 0 aromatic rings. The van der Waals surface area contributed by atoms with Crippen LogP contribution in [0.25, 0.3) is 0 Å². The molecule has 0 fully saturated rings. The molecule has 0 aliphatic carbocycles. The van der Waals surface area contributed by atoms with E-state index in [1.807, 2.05) is 0 Å². The Morgan fingerprint density at radius 3 is 1.31 bits per heavy atom. The molecule has 0 aromatic heterocycles. The van der Waals surface area contributed by atoms with Crippen LogP contribution >= 0.6 is 0 Å². The van der Waals surface area contributed by atoms with Crippen molar-refractivity contribution in [1.29, 1.82) is 0 Å². The molecule has 2 nitrogen and oxygen atoms in total. The summed E-state index contributed by atoms with van der Waals surface area (Å²) < 4.78 is 10.9. The average Bonchev–Trinajstić information content (AvgIpc) is 1.81. The van der Waals surface area contributed by atoms with E-state index in [1.54, 1.807) is 0 Å². The summed E-state index contributed by atoms with van der Waals surface area (Å²) in [5.74, 6) is 0.